The van der Waals surface area contributed by atoms with Gasteiger partial charge in [-0.1, -0.05) is 0 Å². The average Bonchev–Trinajstić information content (AvgIpc) is 2.82. The van der Waals surface area contributed by atoms with Crippen LogP contribution in [0.25, 0.3) is 6.08 Å². The van der Waals surface area contributed by atoms with Gasteiger partial charge in [0.25, 0.3) is 0 Å². The fourth-order valence-corrected chi connectivity index (χ4v) is 1.86. The van der Waals surface area contributed by atoms with E-state index in [1.54, 1.807) is 37.5 Å². The number of carbonyl (C=O) groups is 1. The van der Waals surface area contributed by atoms with Crippen LogP contribution in [0.15, 0.2) is 46.9 Å². The second-order valence-corrected chi connectivity index (χ2v) is 4.63. The fourth-order valence-electron chi connectivity index (χ4n) is 1.43. The van der Waals surface area contributed by atoms with Gasteiger partial charge in [0.1, 0.15) is 11.5 Å². The molecule has 0 bridgehead atoms. The van der Waals surface area contributed by atoms with E-state index in [9.17, 15) is 4.79 Å². The molecule has 1 aromatic carbocycles. The van der Waals surface area contributed by atoms with Crippen LogP contribution in [0, 0.1) is 3.77 Å². The van der Waals surface area contributed by atoms with E-state index in [-0.39, 0.29) is 5.78 Å². The first-order chi connectivity index (χ1) is 8.69. The third-order valence-electron chi connectivity index (χ3n) is 2.37. The van der Waals surface area contributed by atoms with Crippen LogP contribution in [0.1, 0.15) is 16.1 Å². The van der Waals surface area contributed by atoms with Crippen molar-refractivity contribution in [1.82, 2.24) is 0 Å². The van der Waals surface area contributed by atoms with Gasteiger partial charge in [-0.05, 0) is 71.1 Å². The van der Waals surface area contributed by atoms with Crippen LogP contribution in [0.2, 0.25) is 0 Å². The number of benzene rings is 1. The zero-order valence-electron chi connectivity index (χ0n) is 9.72. The van der Waals surface area contributed by atoms with Gasteiger partial charge in [-0.3, -0.25) is 4.79 Å². The SMILES string of the molecule is COc1ccc(C(=O)/C=C/c2ccc(I)o2)cc1. The monoisotopic (exact) mass is 354 g/mol. The highest BCUT2D eigenvalue weighted by Crippen LogP contribution is 2.14. The van der Waals surface area contributed by atoms with E-state index in [0.29, 0.717) is 11.3 Å². The Bertz CT molecular complexity index is 567. The number of rotatable bonds is 4. The lowest BCUT2D eigenvalue weighted by Gasteiger charge is -1.99. The summed E-state index contributed by atoms with van der Waals surface area (Å²) in [6, 6.07) is 10.7. The van der Waals surface area contributed by atoms with Gasteiger partial charge in [0.15, 0.2) is 9.55 Å². The van der Waals surface area contributed by atoms with Gasteiger partial charge in [0.2, 0.25) is 0 Å². The Kier molecular flexibility index (Phi) is 4.19. The van der Waals surface area contributed by atoms with Gasteiger partial charge in [-0.25, -0.2) is 0 Å². The van der Waals surface area contributed by atoms with Crippen molar-refractivity contribution in [3.8, 4) is 5.75 Å². The van der Waals surface area contributed by atoms with E-state index in [0.717, 1.165) is 9.52 Å². The smallest absolute Gasteiger partial charge is 0.185 e. The lowest BCUT2D eigenvalue weighted by molar-refractivity contribution is 0.104. The van der Waals surface area contributed by atoms with Crippen molar-refractivity contribution in [2.45, 2.75) is 0 Å². The summed E-state index contributed by atoms with van der Waals surface area (Å²) >= 11 is 2.08. The first-order valence-electron chi connectivity index (χ1n) is 5.31. The number of hydrogen-bond acceptors (Lipinski definition) is 3. The summed E-state index contributed by atoms with van der Waals surface area (Å²) < 4.78 is 11.2. The van der Waals surface area contributed by atoms with Gasteiger partial charge in [-0.2, -0.15) is 0 Å². The summed E-state index contributed by atoms with van der Waals surface area (Å²) in [4.78, 5) is 11.9. The van der Waals surface area contributed by atoms with Crippen molar-refractivity contribution in [2.24, 2.45) is 0 Å². The van der Waals surface area contributed by atoms with E-state index < -0.39 is 0 Å². The highest BCUT2D eigenvalue weighted by molar-refractivity contribution is 14.1. The number of ketones is 1. The molecule has 2 rings (SSSR count). The maximum Gasteiger partial charge on any atom is 0.185 e. The zero-order valence-corrected chi connectivity index (χ0v) is 11.9. The second kappa shape index (κ2) is 5.86. The molecule has 0 aliphatic heterocycles. The lowest BCUT2D eigenvalue weighted by Crippen LogP contribution is -1.93. The van der Waals surface area contributed by atoms with Crippen LogP contribution < -0.4 is 4.74 Å². The molecule has 0 N–H and O–H groups in total. The predicted octanol–water partition coefficient (Wildman–Crippen LogP) is 3.79. The van der Waals surface area contributed by atoms with Crippen LogP contribution >= 0.6 is 22.6 Å². The summed E-state index contributed by atoms with van der Waals surface area (Å²) in [6.45, 7) is 0. The summed E-state index contributed by atoms with van der Waals surface area (Å²) in [5.41, 5.74) is 0.619. The molecule has 0 spiro atoms. The lowest BCUT2D eigenvalue weighted by atomic mass is 10.1. The van der Waals surface area contributed by atoms with Crippen LogP contribution in [0.4, 0.5) is 0 Å². The largest absolute Gasteiger partial charge is 0.497 e. The predicted molar refractivity (Wildman–Crippen MR) is 77.8 cm³/mol. The van der Waals surface area contributed by atoms with E-state index in [2.05, 4.69) is 22.6 Å². The van der Waals surface area contributed by atoms with E-state index in [4.69, 9.17) is 9.15 Å². The summed E-state index contributed by atoms with van der Waals surface area (Å²) in [7, 11) is 1.59. The minimum absolute atomic E-state index is 0.0657. The van der Waals surface area contributed by atoms with E-state index in [1.165, 1.54) is 6.08 Å². The Morgan fingerprint density at radius 3 is 2.50 bits per heavy atom. The van der Waals surface area contributed by atoms with Crippen molar-refractivity contribution in [1.29, 1.82) is 0 Å². The number of halogens is 1. The molecule has 0 saturated carbocycles. The first-order valence-corrected chi connectivity index (χ1v) is 6.39. The Balaban J connectivity index is 2.09. The summed E-state index contributed by atoms with van der Waals surface area (Å²) in [5.74, 6) is 1.33. The average molecular weight is 354 g/mol. The van der Waals surface area contributed by atoms with Crippen LogP contribution in [-0.2, 0) is 0 Å². The Labute approximate surface area is 119 Å². The molecule has 0 radical (unpaired) electrons. The maximum absolute atomic E-state index is 11.9. The van der Waals surface area contributed by atoms with Crippen molar-refractivity contribution >= 4 is 34.5 Å². The van der Waals surface area contributed by atoms with Crippen molar-refractivity contribution in [3.63, 3.8) is 0 Å². The molecule has 18 heavy (non-hydrogen) atoms. The molecule has 4 heteroatoms. The molecular formula is C14H11IO3. The molecule has 0 fully saturated rings. The molecule has 0 saturated heterocycles. The van der Waals surface area contributed by atoms with E-state index >= 15 is 0 Å². The van der Waals surface area contributed by atoms with Crippen molar-refractivity contribution in [3.05, 3.63) is 57.6 Å². The quantitative estimate of drug-likeness (QED) is 0.477. The minimum Gasteiger partial charge on any atom is -0.497 e. The van der Waals surface area contributed by atoms with Crippen molar-refractivity contribution in [2.75, 3.05) is 7.11 Å². The Hall–Kier alpha value is -1.56. The van der Waals surface area contributed by atoms with Gasteiger partial charge < -0.3 is 9.15 Å². The van der Waals surface area contributed by atoms with Gasteiger partial charge in [-0.15, -0.1) is 0 Å². The minimum atomic E-state index is -0.0657. The summed E-state index contributed by atoms with van der Waals surface area (Å²) in [6.07, 6.45) is 3.16. The highest BCUT2D eigenvalue weighted by Gasteiger charge is 2.02. The molecule has 1 aromatic heterocycles. The Morgan fingerprint density at radius 1 is 1.22 bits per heavy atom. The molecule has 0 atom stereocenters. The number of hydrogen-bond donors (Lipinski definition) is 0. The molecule has 0 aliphatic rings. The van der Waals surface area contributed by atoms with Gasteiger partial charge >= 0.3 is 0 Å². The zero-order chi connectivity index (χ0) is 13.0. The fraction of sp³-hybridized carbons (Fsp3) is 0.0714. The van der Waals surface area contributed by atoms with Gasteiger partial charge in [0, 0.05) is 5.56 Å². The van der Waals surface area contributed by atoms with Gasteiger partial charge in [0.05, 0.1) is 7.11 Å². The normalized spacial score (nSPS) is 10.8. The van der Waals surface area contributed by atoms with Crippen LogP contribution in [-0.4, -0.2) is 12.9 Å². The molecule has 92 valence electrons. The van der Waals surface area contributed by atoms with Crippen LogP contribution in [0.3, 0.4) is 0 Å². The van der Waals surface area contributed by atoms with Crippen molar-refractivity contribution < 1.29 is 13.9 Å². The molecule has 0 aliphatic carbocycles. The number of ether oxygens (including phenoxy) is 1. The number of methoxy groups -OCH3 is 1. The standard InChI is InChI=1S/C14H11IO3/c1-17-11-4-2-10(3-5-11)13(16)8-6-12-7-9-14(15)18-12/h2-9H,1H3/b8-6+. The Morgan fingerprint density at radius 2 is 1.94 bits per heavy atom. The maximum atomic E-state index is 11.9. The third kappa shape index (κ3) is 3.22. The first kappa shape index (κ1) is 12.9. The molecule has 2 aromatic rings. The second-order valence-electron chi connectivity index (χ2n) is 3.57. The summed E-state index contributed by atoms with van der Waals surface area (Å²) in [5, 5.41) is 0. The van der Waals surface area contributed by atoms with E-state index in [1.807, 2.05) is 12.1 Å². The topological polar surface area (TPSA) is 39.4 Å². The molecular weight excluding hydrogens is 343 g/mol. The molecule has 1 heterocycles. The van der Waals surface area contributed by atoms with Crippen LogP contribution in [0.5, 0.6) is 5.75 Å². The molecule has 0 amide bonds. The molecule has 0 unspecified atom stereocenters. The third-order valence-corrected chi connectivity index (χ3v) is 2.95. The number of carbonyl (C=O) groups excluding carboxylic acids is 1. The molecule has 3 nitrogen and oxygen atoms in total. The number of furan rings is 1. The highest BCUT2D eigenvalue weighted by atomic mass is 127. The number of allylic oxidation sites excluding steroid dienone is 1.